The second-order valence-corrected chi connectivity index (χ2v) is 6.55. The van der Waals surface area contributed by atoms with Crippen molar-refractivity contribution in [2.24, 2.45) is 0 Å². The molecule has 0 amide bonds. The minimum Gasteiger partial charge on any atom is -0.258 e. The maximum atomic E-state index is 11.7. The van der Waals surface area contributed by atoms with Crippen molar-refractivity contribution in [1.29, 1.82) is 0 Å². The standard InChI is InChI=1S/C11H16N2O4S/c1-8(2)18(16,17)12-9(3)10-5-4-6-11(7-10)13(14)15/h4-9,12H,1-3H3. The normalized spacial score (nSPS) is 13.6. The molecule has 0 aliphatic carbocycles. The van der Waals surface area contributed by atoms with Crippen molar-refractivity contribution in [1.82, 2.24) is 4.72 Å². The lowest BCUT2D eigenvalue weighted by Crippen LogP contribution is -2.32. The Morgan fingerprint density at radius 1 is 1.28 bits per heavy atom. The summed E-state index contributed by atoms with van der Waals surface area (Å²) in [4.78, 5) is 10.1. The van der Waals surface area contributed by atoms with E-state index in [4.69, 9.17) is 0 Å². The lowest BCUT2D eigenvalue weighted by atomic mass is 10.1. The van der Waals surface area contributed by atoms with Gasteiger partial charge in [0, 0.05) is 18.2 Å². The van der Waals surface area contributed by atoms with Gasteiger partial charge in [0.15, 0.2) is 0 Å². The number of nitro benzene ring substituents is 1. The van der Waals surface area contributed by atoms with Crippen molar-refractivity contribution in [2.45, 2.75) is 32.1 Å². The molecule has 0 aliphatic heterocycles. The molecule has 1 rings (SSSR count). The summed E-state index contributed by atoms with van der Waals surface area (Å²) in [5.41, 5.74) is 0.511. The summed E-state index contributed by atoms with van der Waals surface area (Å²) >= 11 is 0. The molecule has 0 aromatic heterocycles. The van der Waals surface area contributed by atoms with Crippen LogP contribution in [0.1, 0.15) is 32.4 Å². The third-order valence-electron chi connectivity index (χ3n) is 2.54. The molecule has 0 heterocycles. The van der Waals surface area contributed by atoms with Gasteiger partial charge < -0.3 is 0 Å². The second kappa shape index (κ2) is 5.45. The van der Waals surface area contributed by atoms with E-state index in [1.165, 1.54) is 18.2 Å². The SMILES string of the molecule is CC(NS(=O)(=O)C(C)C)c1cccc([N+](=O)[O-])c1. The smallest absolute Gasteiger partial charge is 0.258 e. The zero-order valence-electron chi connectivity index (χ0n) is 10.5. The number of benzene rings is 1. The molecule has 0 saturated carbocycles. The van der Waals surface area contributed by atoms with E-state index in [0.717, 1.165) is 0 Å². The fraction of sp³-hybridized carbons (Fsp3) is 0.455. The van der Waals surface area contributed by atoms with Crippen LogP contribution in [0.5, 0.6) is 0 Å². The fourth-order valence-electron chi connectivity index (χ4n) is 1.36. The van der Waals surface area contributed by atoms with E-state index < -0.39 is 26.2 Å². The Hall–Kier alpha value is -1.47. The summed E-state index contributed by atoms with van der Waals surface area (Å²) in [6.07, 6.45) is 0. The first-order chi connectivity index (χ1) is 8.24. The number of nitrogens with zero attached hydrogens (tertiary/aromatic N) is 1. The summed E-state index contributed by atoms with van der Waals surface area (Å²) in [6.45, 7) is 4.80. The number of sulfonamides is 1. The molecule has 7 heteroatoms. The van der Waals surface area contributed by atoms with E-state index in [9.17, 15) is 18.5 Å². The van der Waals surface area contributed by atoms with Crippen LogP contribution in [0.4, 0.5) is 5.69 Å². The van der Waals surface area contributed by atoms with Crippen LogP contribution >= 0.6 is 0 Å². The van der Waals surface area contributed by atoms with Gasteiger partial charge in [-0.25, -0.2) is 13.1 Å². The largest absolute Gasteiger partial charge is 0.269 e. The van der Waals surface area contributed by atoms with Crippen LogP contribution in [0.25, 0.3) is 0 Å². The number of hydrogen-bond acceptors (Lipinski definition) is 4. The van der Waals surface area contributed by atoms with Crippen molar-refractivity contribution >= 4 is 15.7 Å². The molecule has 1 unspecified atom stereocenters. The second-order valence-electron chi connectivity index (χ2n) is 4.29. The Morgan fingerprint density at radius 2 is 1.89 bits per heavy atom. The van der Waals surface area contributed by atoms with E-state index in [2.05, 4.69) is 4.72 Å². The molecule has 1 aromatic carbocycles. The average Bonchev–Trinajstić information content (AvgIpc) is 2.28. The van der Waals surface area contributed by atoms with Crippen LogP contribution in [0.15, 0.2) is 24.3 Å². The average molecular weight is 272 g/mol. The first-order valence-corrected chi connectivity index (χ1v) is 7.04. The fourth-order valence-corrected chi connectivity index (χ4v) is 2.26. The Labute approximate surface area is 106 Å². The summed E-state index contributed by atoms with van der Waals surface area (Å²) in [6, 6.07) is 5.42. The molecule has 1 N–H and O–H groups in total. The van der Waals surface area contributed by atoms with Crippen LogP contribution in [0.2, 0.25) is 0 Å². The lowest BCUT2D eigenvalue weighted by Gasteiger charge is -2.16. The van der Waals surface area contributed by atoms with Crippen molar-refractivity contribution < 1.29 is 13.3 Å². The van der Waals surface area contributed by atoms with Gasteiger partial charge in [0.25, 0.3) is 5.69 Å². The van der Waals surface area contributed by atoms with Gasteiger partial charge in [0.2, 0.25) is 10.0 Å². The van der Waals surface area contributed by atoms with E-state index in [1.54, 1.807) is 26.8 Å². The Morgan fingerprint density at radius 3 is 2.39 bits per heavy atom. The predicted octanol–water partition coefficient (Wildman–Crippen LogP) is 1.98. The molecule has 0 spiro atoms. The molecule has 6 nitrogen and oxygen atoms in total. The zero-order chi connectivity index (χ0) is 13.9. The van der Waals surface area contributed by atoms with Crippen molar-refractivity contribution in [3.8, 4) is 0 Å². The van der Waals surface area contributed by atoms with E-state index in [0.29, 0.717) is 5.56 Å². The van der Waals surface area contributed by atoms with Crippen LogP contribution in [0.3, 0.4) is 0 Å². The molecule has 0 radical (unpaired) electrons. The summed E-state index contributed by atoms with van der Waals surface area (Å²) in [7, 11) is -3.40. The molecule has 1 aromatic rings. The van der Waals surface area contributed by atoms with E-state index in [-0.39, 0.29) is 5.69 Å². The minimum absolute atomic E-state index is 0.0527. The van der Waals surface area contributed by atoms with Crippen molar-refractivity contribution in [3.63, 3.8) is 0 Å². The molecule has 0 bridgehead atoms. The monoisotopic (exact) mass is 272 g/mol. The van der Waals surface area contributed by atoms with Gasteiger partial charge in [-0.3, -0.25) is 10.1 Å². The van der Waals surface area contributed by atoms with E-state index >= 15 is 0 Å². The van der Waals surface area contributed by atoms with Gasteiger partial charge in [-0.2, -0.15) is 0 Å². The Kier molecular flexibility index (Phi) is 4.42. The molecule has 100 valence electrons. The molecule has 0 aliphatic rings. The number of rotatable bonds is 5. The Bertz CT molecular complexity index is 540. The van der Waals surface area contributed by atoms with Gasteiger partial charge in [0.1, 0.15) is 0 Å². The van der Waals surface area contributed by atoms with Crippen LogP contribution in [0, 0.1) is 10.1 Å². The summed E-state index contributed by atoms with van der Waals surface area (Å²) in [5.74, 6) is 0. The topological polar surface area (TPSA) is 89.3 Å². The third kappa shape index (κ3) is 3.51. The van der Waals surface area contributed by atoms with E-state index in [1.807, 2.05) is 0 Å². The molecular formula is C11H16N2O4S. The number of non-ortho nitro benzene ring substituents is 1. The van der Waals surface area contributed by atoms with Gasteiger partial charge in [0.05, 0.1) is 10.2 Å². The van der Waals surface area contributed by atoms with Crippen molar-refractivity contribution in [3.05, 3.63) is 39.9 Å². The third-order valence-corrected chi connectivity index (χ3v) is 4.47. The van der Waals surface area contributed by atoms with Crippen LogP contribution in [-0.4, -0.2) is 18.6 Å². The highest BCUT2D eigenvalue weighted by atomic mass is 32.2. The van der Waals surface area contributed by atoms with Crippen LogP contribution in [-0.2, 0) is 10.0 Å². The van der Waals surface area contributed by atoms with Gasteiger partial charge in [-0.15, -0.1) is 0 Å². The molecule has 18 heavy (non-hydrogen) atoms. The highest BCUT2D eigenvalue weighted by molar-refractivity contribution is 7.90. The van der Waals surface area contributed by atoms with Gasteiger partial charge in [-0.1, -0.05) is 12.1 Å². The number of nitrogens with one attached hydrogen (secondary N) is 1. The predicted molar refractivity (Wildman–Crippen MR) is 68.7 cm³/mol. The summed E-state index contributed by atoms with van der Waals surface area (Å²) < 4.78 is 25.9. The maximum absolute atomic E-state index is 11.7. The van der Waals surface area contributed by atoms with Crippen LogP contribution < -0.4 is 4.72 Å². The number of hydrogen-bond donors (Lipinski definition) is 1. The highest BCUT2D eigenvalue weighted by Crippen LogP contribution is 2.20. The zero-order valence-corrected chi connectivity index (χ0v) is 11.3. The maximum Gasteiger partial charge on any atom is 0.269 e. The molecule has 1 atom stereocenters. The number of nitro groups is 1. The lowest BCUT2D eigenvalue weighted by molar-refractivity contribution is -0.384. The molecular weight excluding hydrogens is 256 g/mol. The first kappa shape index (κ1) is 14.6. The molecule has 0 saturated heterocycles. The highest BCUT2D eigenvalue weighted by Gasteiger charge is 2.20. The Balaban J connectivity index is 2.95. The quantitative estimate of drug-likeness (QED) is 0.655. The molecule has 0 fully saturated rings. The van der Waals surface area contributed by atoms with Crippen molar-refractivity contribution in [2.75, 3.05) is 0 Å². The van der Waals surface area contributed by atoms with Gasteiger partial charge >= 0.3 is 0 Å². The minimum atomic E-state index is -3.40. The summed E-state index contributed by atoms with van der Waals surface area (Å²) in [5, 5.41) is 10.1. The van der Waals surface area contributed by atoms with Gasteiger partial charge in [-0.05, 0) is 26.3 Å². The first-order valence-electron chi connectivity index (χ1n) is 5.49.